The fourth-order valence-corrected chi connectivity index (χ4v) is 1.14. The van der Waals surface area contributed by atoms with Crippen molar-refractivity contribution >= 4 is 5.97 Å². The lowest BCUT2D eigenvalue weighted by atomic mass is 10.3. The molecule has 0 rings (SSSR count). The molecule has 0 saturated heterocycles. The molecular formula is C12H24O3. The van der Waals surface area contributed by atoms with Gasteiger partial charge in [0.15, 0.2) is 0 Å². The number of rotatable bonds is 9. The molecular weight excluding hydrogens is 192 g/mol. The molecule has 0 N–H and O–H groups in total. The van der Waals surface area contributed by atoms with Gasteiger partial charge in [-0.3, -0.25) is 4.79 Å². The van der Waals surface area contributed by atoms with Crippen LogP contribution < -0.4 is 0 Å². The highest BCUT2D eigenvalue weighted by Crippen LogP contribution is 2.02. The normalized spacial score (nSPS) is 12.5. The molecule has 0 fully saturated rings. The first-order valence-electron chi connectivity index (χ1n) is 6.01. The van der Waals surface area contributed by atoms with Gasteiger partial charge in [-0.05, 0) is 19.3 Å². The van der Waals surface area contributed by atoms with Crippen molar-refractivity contribution in [2.75, 3.05) is 13.2 Å². The number of carbonyl (C=O) groups is 1. The average molecular weight is 216 g/mol. The van der Waals surface area contributed by atoms with E-state index in [1.807, 2.05) is 13.8 Å². The summed E-state index contributed by atoms with van der Waals surface area (Å²) < 4.78 is 10.7. The van der Waals surface area contributed by atoms with Gasteiger partial charge >= 0.3 is 5.97 Å². The smallest absolute Gasteiger partial charge is 0.305 e. The van der Waals surface area contributed by atoms with Gasteiger partial charge in [0.05, 0.1) is 6.10 Å². The van der Waals surface area contributed by atoms with Gasteiger partial charge in [0, 0.05) is 13.0 Å². The van der Waals surface area contributed by atoms with Crippen LogP contribution in [-0.4, -0.2) is 25.3 Å². The zero-order chi connectivity index (χ0) is 11.5. The van der Waals surface area contributed by atoms with Crippen LogP contribution in [0.4, 0.5) is 0 Å². The summed E-state index contributed by atoms with van der Waals surface area (Å²) in [5.41, 5.74) is 0. The molecule has 0 aliphatic carbocycles. The van der Waals surface area contributed by atoms with Gasteiger partial charge < -0.3 is 9.47 Å². The van der Waals surface area contributed by atoms with Crippen LogP contribution in [0.15, 0.2) is 0 Å². The monoisotopic (exact) mass is 216 g/mol. The molecule has 0 radical (unpaired) electrons. The van der Waals surface area contributed by atoms with Crippen LogP contribution in [-0.2, 0) is 14.3 Å². The van der Waals surface area contributed by atoms with E-state index >= 15 is 0 Å². The van der Waals surface area contributed by atoms with E-state index in [2.05, 4.69) is 6.92 Å². The maximum absolute atomic E-state index is 11.1. The maximum atomic E-state index is 11.1. The summed E-state index contributed by atoms with van der Waals surface area (Å²) in [7, 11) is 0. The second kappa shape index (κ2) is 9.97. The van der Waals surface area contributed by atoms with Crippen LogP contribution in [0.3, 0.4) is 0 Å². The summed E-state index contributed by atoms with van der Waals surface area (Å²) in [4.78, 5) is 11.1. The standard InChI is InChI=1S/C12H24O3/c1-4-7-9-14-11(6-3)10-15-12(13)8-5-2/h11H,4-10H2,1-3H3. The molecule has 0 aromatic heterocycles. The average Bonchev–Trinajstić information content (AvgIpc) is 2.23. The van der Waals surface area contributed by atoms with Gasteiger partial charge in [0.1, 0.15) is 6.61 Å². The Labute approximate surface area is 93.1 Å². The predicted molar refractivity (Wildman–Crippen MR) is 60.8 cm³/mol. The Bertz CT molecular complexity index is 157. The van der Waals surface area contributed by atoms with E-state index in [9.17, 15) is 4.79 Å². The summed E-state index contributed by atoms with van der Waals surface area (Å²) in [6.45, 7) is 7.31. The Hall–Kier alpha value is -0.570. The first kappa shape index (κ1) is 14.4. The molecule has 3 heteroatoms. The van der Waals surface area contributed by atoms with Crippen LogP contribution in [0.1, 0.15) is 52.9 Å². The largest absolute Gasteiger partial charge is 0.463 e. The topological polar surface area (TPSA) is 35.5 Å². The van der Waals surface area contributed by atoms with E-state index in [1.165, 1.54) is 0 Å². The van der Waals surface area contributed by atoms with Crippen LogP contribution >= 0.6 is 0 Å². The molecule has 3 nitrogen and oxygen atoms in total. The van der Waals surface area contributed by atoms with Crippen molar-refractivity contribution in [2.45, 2.75) is 59.0 Å². The molecule has 0 saturated carbocycles. The van der Waals surface area contributed by atoms with Crippen molar-refractivity contribution in [1.29, 1.82) is 0 Å². The summed E-state index contributed by atoms with van der Waals surface area (Å²) in [6, 6.07) is 0. The number of hydrogen-bond acceptors (Lipinski definition) is 3. The van der Waals surface area contributed by atoms with Crippen LogP contribution in [0, 0.1) is 0 Å². The molecule has 0 aliphatic heterocycles. The van der Waals surface area contributed by atoms with E-state index < -0.39 is 0 Å². The number of esters is 1. The highest BCUT2D eigenvalue weighted by molar-refractivity contribution is 5.69. The van der Waals surface area contributed by atoms with Crippen LogP contribution in [0.25, 0.3) is 0 Å². The minimum absolute atomic E-state index is 0.0670. The van der Waals surface area contributed by atoms with Gasteiger partial charge in [-0.2, -0.15) is 0 Å². The van der Waals surface area contributed by atoms with Crippen molar-refractivity contribution in [3.63, 3.8) is 0 Å². The molecule has 0 aromatic rings. The zero-order valence-electron chi connectivity index (χ0n) is 10.3. The molecule has 1 unspecified atom stereocenters. The lowest BCUT2D eigenvalue weighted by Gasteiger charge is -2.15. The van der Waals surface area contributed by atoms with Gasteiger partial charge in [0.2, 0.25) is 0 Å². The summed E-state index contributed by atoms with van der Waals surface area (Å²) in [5.74, 6) is -0.116. The van der Waals surface area contributed by atoms with E-state index in [0.29, 0.717) is 13.0 Å². The number of ether oxygens (including phenoxy) is 2. The predicted octanol–water partition coefficient (Wildman–Crippen LogP) is 2.93. The third-order valence-corrected chi connectivity index (χ3v) is 2.19. The Morgan fingerprint density at radius 3 is 2.47 bits per heavy atom. The van der Waals surface area contributed by atoms with Crippen molar-refractivity contribution in [3.8, 4) is 0 Å². The molecule has 0 heterocycles. The second-order valence-electron chi connectivity index (χ2n) is 3.69. The summed E-state index contributed by atoms with van der Waals surface area (Å²) in [5, 5.41) is 0. The van der Waals surface area contributed by atoms with Gasteiger partial charge in [0.25, 0.3) is 0 Å². The third-order valence-electron chi connectivity index (χ3n) is 2.19. The SMILES string of the molecule is CCCCOC(CC)COC(=O)CCC. The molecule has 90 valence electrons. The van der Waals surface area contributed by atoms with Crippen LogP contribution in [0.5, 0.6) is 0 Å². The van der Waals surface area contributed by atoms with Crippen molar-refractivity contribution in [3.05, 3.63) is 0 Å². The lowest BCUT2D eigenvalue weighted by Crippen LogP contribution is -2.21. The Balaban J connectivity index is 3.55. The van der Waals surface area contributed by atoms with Gasteiger partial charge in [-0.25, -0.2) is 0 Å². The summed E-state index contributed by atoms with van der Waals surface area (Å²) >= 11 is 0. The van der Waals surface area contributed by atoms with Crippen LogP contribution in [0.2, 0.25) is 0 Å². The minimum atomic E-state index is -0.116. The third kappa shape index (κ3) is 8.43. The molecule has 0 spiro atoms. The van der Waals surface area contributed by atoms with Crippen molar-refractivity contribution in [1.82, 2.24) is 0 Å². The number of carbonyl (C=O) groups excluding carboxylic acids is 1. The quantitative estimate of drug-likeness (QED) is 0.439. The molecule has 15 heavy (non-hydrogen) atoms. The molecule has 1 atom stereocenters. The molecule has 0 aliphatic rings. The first-order valence-corrected chi connectivity index (χ1v) is 6.01. The summed E-state index contributed by atoms with van der Waals surface area (Å²) in [6.07, 6.45) is 4.50. The highest BCUT2D eigenvalue weighted by atomic mass is 16.6. The van der Waals surface area contributed by atoms with E-state index in [-0.39, 0.29) is 12.1 Å². The molecule has 0 aromatic carbocycles. The number of hydrogen-bond donors (Lipinski definition) is 0. The maximum Gasteiger partial charge on any atom is 0.305 e. The van der Waals surface area contributed by atoms with E-state index in [4.69, 9.17) is 9.47 Å². The Kier molecular flexibility index (Phi) is 9.59. The fourth-order valence-electron chi connectivity index (χ4n) is 1.14. The first-order chi connectivity index (χ1) is 7.24. The van der Waals surface area contributed by atoms with Crippen molar-refractivity contribution < 1.29 is 14.3 Å². The fraction of sp³-hybridized carbons (Fsp3) is 0.917. The molecule has 0 bridgehead atoms. The Morgan fingerprint density at radius 1 is 1.20 bits per heavy atom. The van der Waals surface area contributed by atoms with Gasteiger partial charge in [-0.1, -0.05) is 27.2 Å². The van der Waals surface area contributed by atoms with Crippen molar-refractivity contribution in [2.24, 2.45) is 0 Å². The number of unbranched alkanes of at least 4 members (excludes halogenated alkanes) is 1. The zero-order valence-corrected chi connectivity index (χ0v) is 10.3. The lowest BCUT2D eigenvalue weighted by molar-refractivity contribution is -0.148. The molecule has 0 amide bonds. The highest BCUT2D eigenvalue weighted by Gasteiger charge is 2.09. The van der Waals surface area contributed by atoms with E-state index in [1.54, 1.807) is 0 Å². The minimum Gasteiger partial charge on any atom is -0.463 e. The van der Waals surface area contributed by atoms with Gasteiger partial charge in [-0.15, -0.1) is 0 Å². The Morgan fingerprint density at radius 2 is 1.93 bits per heavy atom. The van der Waals surface area contributed by atoms with E-state index in [0.717, 1.165) is 32.3 Å². The second-order valence-corrected chi connectivity index (χ2v) is 3.69.